The predicted molar refractivity (Wildman–Crippen MR) is 134 cm³/mol. The van der Waals surface area contributed by atoms with Crippen LogP contribution >= 0.6 is 0 Å². The fraction of sp³-hybridized carbons (Fsp3) is 0.731. The highest BCUT2D eigenvalue weighted by Gasteiger charge is 2.33. The molecular formula is C26H45N5O. The molecule has 0 radical (unpaired) electrons. The molecule has 1 aromatic rings. The molecule has 0 bridgehead atoms. The minimum Gasteiger partial charge on any atom is -0.382 e. The van der Waals surface area contributed by atoms with Crippen LogP contribution in [0.5, 0.6) is 0 Å². The van der Waals surface area contributed by atoms with Gasteiger partial charge >= 0.3 is 0 Å². The molecule has 6 nitrogen and oxygen atoms in total. The maximum Gasteiger partial charge on any atom is 0.191 e. The first-order valence-corrected chi connectivity index (χ1v) is 12.7. The highest BCUT2D eigenvalue weighted by molar-refractivity contribution is 5.79. The third-order valence-electron chi connectivity index (χ3n) is 7.30. The van der Waals surface area contributed by atoms with E-state index in [1.54, 1.807) is 0 Å². The second-order valence-corrected chi connectivity index (χ2v) is 9.46. The summed E-state index contributed by atoms with van der Waals surface area (Å²) in [6.07, 6.45) is 6.39. The number of piperazine rings is 1. The maximum absolute atomic E-state index is 5.65. The smallest absolute Gasteiger partial charge is 0.191 e. The summed E-state index contributed by atoms with van der Waals surface area (Å²) in [4.78, 5) is 9.54. The quantitative estimate of drug-likeness (QED) is 0.312. The number of hydrogen-bond donors (Lipinski definition) is 2. The van der Waals surface area contributed by atoms with Gasteiger partial charge < -0.3 is 20.3 Å². The van der Waals surface area contributed by atoms with Gasteiger partial charge in [0, 0.05) is 66.1 Å². The summed E-state index contributed by atoms with van der Waals surface area (Å²) < 4.78 is 5.65. The molecule has 1 aliphatic carbocycles. The van der Waals surface area contributed by atoms with Gasteiger partial charge in [-0.3, -0.25) is 9.89 Å². The van der Waals surface area contributed by atoms with Crippen molar-refractivity contribution in [2.45, 2.75) is 59.0 Å². The number of hydrogen-bond acceptors (Lipinski definition) is 4. The normalized spacial score (nSPS) is 19.9. The number of likely N-dealkylation sites (N-methyl/N-ethyl adjacent to an activating group) is 1. The number of ether oxygens (including phenoxy) is 1. The number of rotatable bonds is 11. The van der Waals surface area contributed by atoms with E-state index in [9.17, 15) is 0 Å². The summed E-state index contributed by atoms with van der Waals surface area (Å²) in [6.45, 7) is 14.7. The van der Waals surface area contributed by atoms with Crippen molar-refractivity contribution in [3.63, 3.8) is 0 Å². The van der Waals surface area contributed by atoms with Gasteiger partial charge in [0.2, 0.25) is 0 Å². The average Bonchev–Trinajstić information content (AvgIpc) is 3.30. The van der Waals surface area contributed by atoms with Crippen LogP contribution < -0.4 is 10.6 Å². The third-order valence-corrected chi connectivity index (χ3v) is 7.30. The average molecular weight is 444 g/mol. The van der Waals surface area contributed by atoms with Crippen molar-refractivity contribution in [3.8, 4) is 0 Å². The van der Waals surface area contributed by atoms with Crippen molar-refractivity contribution in [2.75, 3.05) is 59.5 Å². The Morgan fingerprint density at radius 3 is 2.25 bits per heavy atom. The Balaban J connectivity index is 1.41. The van der Waals surface area contributed by atoms with Crippen LogP contribution in [0.1, 0.15) is 57.1 Å². The van der Waals surface area contributed by atoms with Gasteiger partial charge in [-0.05, 0) is 49.3 Å². The van der Waals surface area contributed by atoms with Gasteiger partial charge in [-0.15, -0.1) is 0 Å². The molecule has 2 N–H and O–H groups in total. The van der Waals surface area contributed by atoms with E-state index in [-0.39, 0.29) is 0 Å². The summed E-state index contributed by atoms with van der Waals surface area (Å²) in [7, 11) is 1.86. The number of benzene rings is 1. The second kappa shape index (κ2) is 13.2. The zero-order valence-corrected chi connectivity index (χ0v) is 20.7. The Morgan fingerprint density at radius 1 is 0.969 bits per heavy atom. The molecule has 2 aliphatic rings. The molecule has 3 rings (SSSR count). The van der Waals surface area contributed by atoms with Crippen LogP contribution in [0.3, 0.4) is 0 Å². The summed E-state index contributed by atoms with van der Waals surface area (Å²) in [5.41, 5.74) is 3.05. The van der Waals surface area contributed by atoms with Gasteiger partial charge in [0.05, 0.1) is 0 Å². The van der Waals surface area contributed by atoms with E-state index < -0.39 is 0 Å². The number of aliphatic imine (C=N–C) groups is 1. The van der Waals surface area contributed by atoms with Gasteiger partial charge in [-0.25, -0.2) is 0 Å². The minimum absolute atomic E-state index is 0.358. The molecule has 2 fully saturated rings. The monoisotopic (exact) mass is 443 g/mol. The highest BCUT2D eigenvalue weighted by Crippen LogP contribution is 2.40. The van der Waals surface area contributed by atoms with Gasteiger partial charge in [0.25, 0.3) is 0 Å². The van der Waals surface area contributed by atoms with Gasteiger partial charge in [-0.1, -0.05) is 44.0 Å². The minimum atomic E-state index is 0.358. The van der Waals surface area contributed by atoms with E-state index in [4.69, 9.17) is 4.74 Å². The second-order valence-electron chi connectivity index (χ2n) is 9.46. The fourth-order valence-electron chi connectivity index (χ4n) is 5.04. The van der Waals surface area contributed by atoms with E-state index >= 15 is 0 Å². The van der Waals surface area contributed by atoms with Gasteiger partial charge in [0.15, 0.2) is 5.96 Å². The molecule has 0 amide bonds. The lowest BCUT2D eigenvalue weighted by Gasteiger charge is -2.34. The summed E-state index contributed by atoms with van der Waals surface area (Å²) in [5, 5.41) is 7.09. The van der Waals surface area contributed by atoms with Crippen molar-refractivity contribution in [3.05, 3.63) is 35.4 Å². The molecule has 6 heteroatoms. The number of nitrogens with zero attached hydrogens (tertiary/aromatic N) is 3. The molecule has 1 heterocycles. The molecule has 180 valence electrons. The summed E-state index contributed by atoms with van der Waals surface area (Å²) >= 11 is 0. The summed E-state index contributed by atoms with van der Waals surface area (Å²) in [6, 6.07) is 9.05. The standard InChI is InChI=1S/C26H45N5O/c1-4-30-15-17-31(18-16-30)21-24-10-8-23(9-11-24)20-28-25(27-3)29-22-26(12-6-7-13-26)14-19-32-5-2/h8-11H,4-7,12-22H2,1-3H3,(H2,27,28,29). The largest absolute Gasteiger partial charge is 0.382 e. The van der Waals surface area contributed by atoms with E-state index in [1.807, 2.05) is 7.05 Å². The Morgan fingerprint density at radius 2 is 1.62 bits per heavy atom. The van der Waals surface area contributed by atoms with E-state index in [2.05, 4.69) is 63.5 Å². The van der Waals surface area contributed by atoms with E-state index in [0.717, 1.165) is 45.2 Å². The maximum atomic E-state index is 5.65. The first kappa shape index (κ1) is 25.0. The van der Waals surface area contributed by atoms with Crippen molar-refractivity contribution in [1.29, 1.82) is 0 Å². The van der Waals surface area contributed by atoms with Crippen LogP contribution in [0.2, 0.25) is 0 Å². The molecule has 1 aromatic carbocycles. The van der Waals surface area contributed by atoms with E-state index in [1.165, 1.54) is 69.5 Å². The SMILES string of the molecule is CCOCCC1(CNC(=NC)NCc2ccc(CN3CCN(CC)CC3)cc2)CCCC1. The number of guanidine groups is 1. The zero-order valence-electron chi connectivity index (χ0n) is 20.7. The van der Waals surface area contributed by atoms with Crippen molar-refractivity contribution >= 4 is 5.96 Å². The third kappa shape index (κ3) is 7.75. The van der Waals surface area contributed by atoms with Crippen LogP contribution in [0.4, 0.5) is 0 Å². The molecule has 0 spiro atoms. The molecular weight excluding hydrogens is 398 g/mol. The molecule has 0 unspecified atom stereocenters. The first-order chi connectivity index (χ1) is 15.7. The van der Waals surface area contributed by atoms with Gasteiger partial charge in [-0.2, -0.15) is 0 Å². The fourth-order valence-corrected chi connectivity index (χ4v) is 5.04. The topological polar surface area (TPSA) is 52.1 Å². The molecule has 32 heavy (non-hydrogen) atoms. The van der Waals surface area contributed by atoms with Crippen LogP contribution in [-0.2, 0) is 17.8 Å². The zero-order chi connectivity index (χ0) is 22.7. The van der Waals surface area contributed by atoms with E-state index in [0.29, 0.717) is 5.41 Å². The summed E-state index contributed by atoms with van der Waals surface area (Å²) in [5.74, 6) is 0.894. The van der Waals surface area contributed by atoms with Crippen LogP contribution in [0.15, 0.2) is 29.3 Å². The Bertz CT molecular complexity index is 676. The van der Waals surface area contributed by atoms with Crippen molar-refractivity contribution < 1.29 is 4.74 Å². The number of nitrogens with one attached hydrogen (secondary N) is 2. The lowest BCUT2D eigenvalue weighted by atomic mass is 9.83. The molecule has 1 saturated carbocycles. The van der Waals surface area contributed by atoms with Crippen molar-refractivity contribution in [2.24, 2.45) is 10.4 Å². The molecule has 0 atom stereocenters. The molecule has 0 aromatic heterocycles. The van der Waals surface area contributed by atoms with Crippen molar-refractivity contribution in [1.82, 2.24) is 20.4 Å². The molecule has 1 aliphatic heterocycles. The Labute approximate surface area is 195 Å². The first-order valence-electron chi connectivity index (χ1n) is 12.7. The lowest BCUT2D eigenvalue weighted by Crippen LogP contribution is -2.45. The predicted octanol–water partition coefficient (Wildman–Crippen LogP) is 3.48. The van der Waals surface area contributed by atoms with Gasteiger partial charge in [0.1, 0.15) is 0 Å². The Kier molecular flexibility index (Phi) is 10.3. The Hall–Kier alpha value is -1.63. The molecule has 1 saturated heterocycles. The lowest BCUT2D eigenvalue weighted by molar-refractivity contribution is 0.105. The van der Waals surface area contributed by atoms with Crippen LogP contribution in [0, 0.1) is 5.41 Å². The van der Waals surface area contributed by atoms with Crippen LogP contribution in [0.25, 0.3) is 0 Å². The van der Waals surface area contributed by atoms with Crippen LogP contribution in [-0.4, -0.2) is 75.3 Å². The highest BCUT2D eigenvalue weighted by atomic mass is 16.5.